The molecule has 3 rings (SSSR count). The van der Waals surface area contributed by atoms with Gasteiger partial charge in [0.2, 0.25) is 0 Å². The van der Waals surface area contributed by atoms with E-state index in [1.807, 2.05) is 12.1 Å². The van der Waals surface area contributed by atoms with E-state index in [1.165, 1.54) is 28.5 Å². The molecule has 136 valence electrons. The van der Waals surface area contributed by atoms with Gasteiger partial charge in [-0.1, -0.05) is 70.1 Å². The van der Waals surface area contributed by atoms with Crippen LogP contribution in [0.3, 0.4) is 0 Å². The molecule has 0 fully saturated rings. The van der Waals surface area contributed by atoms with Crippen LogP contribution in [0.4, 0.5) is 13.2 Å². The molecule has 0 amide bonds. The van der Waals surface area contributed by atoms with Crippen molar-refractivity contribution in [2.75, 3.05) is 6.54 Å². The van der Waals surface area contributed by atoms with Crippen molar-refractivity contribution in [3.63, 3.8) is 0 Å². The normalized spacial score (nSPS) is 12.0. The van der Waals surface area contributed by atoms with Gasteiger partial charge in [-0.25, -0.2) is 0 Å². The molecule has 0 heterocycles. The Morgan fingerprint density at radius 2 is 1.62 bits per heavy atom. The first-order valence-electron chi connectivity index (χ1n) is 8.56. The van der Waals surface area contributed by atoms with Gasteiger partial charge in [-0.3, -0.25) is 4.67 Å². The Labute approximate surface area is 154 Å². The van der Waals surface area contributed by atoms with E-state index in [2.05, 4.69) is 44.4 Å². The molecule has 0 bridgehead atoms. The zero-order chi connectivity index (χ0) is 18.6. The summed E-state index contributed by atoms with van der Waals surface area (Å²) in [6, 6.07) is 20.1. The van der Waals surface area contributed by atoms with Crippen molar-refractivity contribution in [3.05, 3.63) is 83.4 Å². The van der Waals surface area contributed by atoms with Crippen molar-refractivity contribution in [3.8, 4) is 0 Å². The van der Waals surface area contributed by atoms with Crippen LogP contribution in [0.25, 0.3) is 10.8 Å². The second-order valence-corrected chi connectivity index (χ2v) is 7.14. The molecule has 3 aromatic rings. The van der Waals surface area contributed by atoms with Gasteiger partial charge in [0.05, 0.1) is 5.56 Å². The molecule has 0 aliphatic heterocycles. The fourth-order valence-corrected chi connectivity index (χ4v) is 3.50. The highest BCUT2D eigenvalue weighted by atomic mass is 31.0. The Morgan fingerprint density at radius 1 is 0.885 bits per heavy atom. The minimum Gasteiger partial charge on any atom is -0.283 e. The molecule has 1 atom stereocenters. The third-order valence-corrected chi connectivity index (χ3v) is 4.86. The number of nitrogens with zero attached hydrogens (tertiary/aromatic N) is 1. The molecular formula is C21H21F3NP. The van der Waals surface area contributed by atoms with E-state index in [9.17, 15) is 13.2 Å². The molecule has 0 saturated carbocycles. The first-order valence-corrected chi connectivity index (χ1v) is 9.07. The summed E-state index contributed by atoms with van der Waals surface area (Å²) in [7, 11) is 2.73. The lowest BCUT2D eigenvalue weighted by molar-refractivity contribution is -0.137. The van der Waals surface area contributed by atoms with Crippen LogP contribution < -0.4 is 0 Å². The maximum absolute atomic E-state index is 12.8. The zero-order valence-corrected chi connectivity index (χ0v) is 15.5. The van der Waals surface area contributed by atoms with Crippen LogP contribution in [0.2, 0.25) is 0 Å². The van der Waals surface area contributed by atoms with Crippen LogP contribution >= 0.6 is 9.39 Å². The summed E-state index contributed by atoms with van der Waals surface area (Å²) < 4.78 is 40.5. The molecule has 0 radical (unpaired) electrons. The second kappa shape index (κ2) is 8.20. The summed E-state index contributed by atoms with van der Waals surface area (Å²) in [6.07, 6.45) is -2.85. The maximum Gasteiger partial charge on any atom is 0.416 e. The number of fused-ring (bicyclic) bond motifs is 1. The van der Waals surface area contributed by atoms with E-state index in [0.717, 1.165) is 31.1 Å². The molecule has 0 saturated heterocycles. The molecule has 26 heavy (non-hydrogen) atoms. The summed E-state index contributed by atoms with van der Waals surface area (Å²) in [5.41, 5.74) is 1.40. The lowest BCUT2D eigenvalue weighted by atomic mass is 10.0. The molecule has 0 aliphatic carbocycles. The number of rotatable bonds is 6. The van der Waals surface area contributed by atoms with Gasteiger partial charge in [0.15, 0.2) is 0 Å². The first kappa shape index (κ1) is 18.9. The van der Waals surface area contributed by atoms with E-state index in [4.69, 9.17) is 0 Å². The quantitative estimate of drug-likeness (QED) is 0.472. The largest absolute Gasteiger partial charge is 0.416 e. The average Bonchev–Trinajstić information content (AvgIpc) is 2.62. The van der Waals surface area contributed by atoms with E-state index < -0.39 is 11.7 Å². The monoisotopic (exact) mass is 375 g/mol. The third kappa shape index (κ3) is 4.84. The molecule has 1 nitrogen and oxygen atoms in total. The van der Waals surface area contributed by atoms with Crippen LogP contribution in [0.15, 0.2) is 66.7 Å². The van der Waals surface area contributed by atoms with Crippen LogP contribution in [-0.4, -0.2) is 11.2 Å². The molecular weight excluding hydrogens is 354 g/mol. The minimum absolute atomic E-state index is 0.575. The van der Waals surface area contributed by atoms with Gasteiger partial charge in [0.1, 0.15) is 0 Å². The third-order valence-electron chi connectivity index (χ3n) is 4.42. The van der Waals surface area contributed by atoms with Crippen molar-refractivity contribution in [1.82, 2.24) is 4.67 Å². The number of aryl methyl sites for hydroxylation is 1. The van der Waals surface area contributed by atoms with Crippen molar-refractivity contribution >= 4 is 20.2 Å². The van der Waals surface area contributed by atoms with Gasteiger partial charge in [0, 0.05) is 13.1 Å². The smallest absolute Gasteiger partial charge is 0.283 e. The van der Waals surface area contributed by atoms with Gasteiger partial charge >= 0.3 is 6.18 Å². The van der Waals surface area contributed by atoms with Crippen molar-refractivity contribution in [1.29, 1.82) is 0 Å². The molecule has 1 unspecified atom stereocenters. The Morgan fingerprint density at radius 3 is 2.42 bits per heavy atom. The molecule has 0 N–H and O–H groups in total. The van der Waals surface area contributed by atoms with Crippen molar-refractivity contribution < 1.29 is 13.2 Å². The zero-order valence-electron chi connectivity index (χ0n) is 14.3. The van der Waals surface area contributed by atoms with Gasteiger partial charge in [0.25, 0.3) is 0 Å². The van der Waals surface area contributed by atoms with Crippen LogP contribution in [-0.2, 0) is 19.1 Å². The number of alkyl halides is 3. The van der Waals surface area contributed by atoms with Gasteiger partial charge in [-0.15, -0.1) is 0 Å². The first-order chi connectivity index (χ1) is 12.4. The van der Waals surface area contributed by atoms with Crippen molar-refractivity contribution in [2.45, 2.75) is 25.6 Å². The lowest BCUT2D eigenvalue weighted by Gasteiger charge is -2.18. The Balaban J connectivity index is 1.57. The number of halogens is 3. The fraction of sp³-hybridized carbons (Fsp3) is 0.238. The summed E-state index contributed by atoms with van der Waals surface area (Å²) in [6.45, 7) is 1.58. The topological polar surface area (TPSA) is 3.24 Å². The Kier molecular flexibility index (Phi) is 5.95. The van der Waals surface area contributed by atoms with Gasteiger partial charge in [-0.2, -0.15) is 13.2 Å². The lowest BCUT2D eigenvalue weighted by Crippen LogP contribution is -2.13. The Hall–Kier alpha value is -1.90. The summed E-state index contributed by atoms with van der Waals surface area (Å²) in [5, 5.41) is 2.45. The van der Waals surface area contributed by atoms with E-state index in [0.29, 0.717) is 6.42 Å². The fourth-order valence-electron chi connectivity index (χ4n) is 3.12. The predicted molar refractivity (Wildman–Crippen MR) is 104 cm³/mol. The van der Waals surface area contributed by atoms with E-state index >= 15 is 0 Å². The van der Waals surface area contributed by atoms with Crippen LogP contribution in [0.5, 0.6) is 0 Å². The highest BCUT2D eigenvalue weighted by Crippen LogP contribution is 2.29. The predicted octanol–water partition coefficient (Wildman–Crippen LogP) is 6.08. The molecule has 3 aromatic carbocycles. The SMILES string of the molecule is FC(F)(F)c1cccc(CCCN(P)Cc2cccc3ccccc23)c1. The molecule has 5 heteroatoms. The highest BCUT2D eigenvalue weighted by Gasteiger charge is 2.30. The molecule has 0 aromatic heterocycles. The minimum atomic E-state index is -4.28. The standard InChI is InChI=1S/C21H21F3NP/c22-21(23,24)19-11-3-6-16(14-19)7-5-13-25(26)15-18-10-4-9-17-8-1-2-12-20(17)18/h1-4,6,8-12,14H,5,7,13,15,26H2. The Bertz CT molecular complexity index is 871. The van der Waals surface area contributed by atoms with E-state index in [1.54, 1.807) is 6.07 Å². The van der Waals surface area contributed by atoms with Crippen molar-refractivity contribution in [2.24, 2.45) is 0 Å². The van der Waals surface area contributed by atoms with Gasteiger partial charge < -0.3 is 0 Å². The molecule has 0 spiro atoms. The van der Waals surface area contributed by atoms with E-state index in [-0.39, 0.29) is 0 Å². The van der Waals surface area contributed by atoms with Crippen LogP contribution in [0, 0.1) is 0 Å². The summed E-state index contributed by atoms with van der Waals surface area (Å²) in [4.78, 5) is 0. The number of hydrogen-bond acceptors (Lipinski definition) is 1. The second-order valence-electron chi connectivity index (χ2n) is 6.41. The highest BCUT2D eigenvalue weighted by molar-refractivity contribution is 7.13. The number of benzene rings is 3. The number of hydrogen-bond donors (Lipinski definition) is 0. The summed E-state index contributed by atoms with van der Waals surface area (Å²) >= 11 is 0. The van der Waals surface area contributed by atoms with Crippen LogP contribution in [0.1, 0.15) is 23.1 Å². The molecule has 0 aliphatic rings. The summed E-state index contributed by atoms with van der Waals surface area (Å²) in [5.74, 6) is 0. The maximum atomic E-state index is 12.8. The van der Waals surface area contributed by atoms with Gasteiger partial charge in [-0.05, 0) is 40.8 Å². The average molecular weight is 375 g/mol.